The zero-order chi connectivity index (χ0) is 34.7. The van der Waals surface area contributed by atoms with Gasteiger partial charge in [-0.15, -0.1) is 0 Å². The van der Waals surface area contributed by atoms with E-state index in [-0.39, 0.29) is 12.1 Å². The molecule has 4 aromatic carbocycles. The second kappa shape index (κ2) is 20.5. The SMILES string of the molecule is CCCCCC(C)OC(=O)c1ccc(-c2ccc(OC(=O)c3ccc(OCCCCCCCCOc4ccc(C=O)cc4)cc3)cc2)cc1. The van der Waals surface area contributed by atoms with E-state index >= 15 is 0 Å². The van der Waals surface area contributed by atoms with Crippen LogP contribution in [0.5, 0.6) is 17.2 Å². The third-order valence-corrected chi connectivity index (χ3v) is 8.22. The predicted molar refractivity (Wildman–Crippen MR) is 193 cm³/mol. The van der Waals surface area contributed by atoms with Crippen molar-refractivity contribution in [1.82, 2.24) is 0 Å². The summed E-state index contributed by atoms with van der Waals surface area (Å²) >= 11 is 0. The lowest BCUT2D eigenvalue weighted by atomic mass is 10.0. The number of unbranched alkanes of at least 4 members (excludes halogenated alkanes) is 7. The van der Waals surface area contributed by atoms with Gasteiger partial charge in [0, 0.05) is 5.56 Å². The third kappa shape index (κ3) is 12.9. The minimum Gasteiger partial charge on any atom is -0.494 e. The molecule has 7 nitrogen and oxygen atoms in total. The van der Waals surface area contributed by atoms with E-state index in [0.29, 0.717) is 35.7 Å². The van der Waals surface area contributed by atoms with Crippen molar-refractivity contribution >= 4 is 18.2 Å². The van der Waals surface area contributed by atoms with Crippen molar-refractivity contribution < 1.29 is 33.3 Å². The van der Waals surface area contributed by atoms with Gasteiger partial charge < -0.3 is 18.9 Å². The fourth-order valence-corrected chi connectivity index (χ4v) is 5.29. The van der Waals surface area contributed by atoms with Crippen LogP contribution in [0.3, 0.4) is 0 Å². The van der Waals surface area contributed by atoms with Crippen molar-refractivity contribution in [3.63, 3.8) is 0 Å². The van der Waals surface area contributed by atoms with Crippen LogP contribution < -0.4 is 14.2 Å². The Labute approximate surface area is 290 Å². The predicted octanol–water partition coefficient (Wildman–Crippen LogP) is 10.3. The zero-order valence-corrected chi connectivity index (χ0v) is 28.7. The molecule has 0 saturated heterocycles. The summed E-state index contributed by atoms with van der Waals surface area (Å²) in [6.07, 6.45) is 11.4. The Morgan fingerprint density at radius 3 is 1.59 bits per heavy atom. The van der Waals surface area contributed by atoms with Crippen LogP contribution in [0.25, 0.3) is 11.1 Å². The summed E-state index contributed by atoms with van der Waals surface area (Å²) in [5, 5.41) is 0. The van der Waals surface area contributed by atoms with Crippen molar-refractivity contribution in [3.8, 4) is 28.4 Å². The Bertz CT molecular complexity index is 1560. The maximum Gasteiger partial charge on any atom is 0.343 e. The maximum atomic E-state index is 12.7. The summed E-state index contributed by atoms with van der Waals surface area (Å²) in [6.45, 7) is 5.39. The van der Waals surface area contributed by atoms with Crippen molar-refractivity contribution in [1.29, 1.82) is 0 Å². The molecule has 7 heteroatoms. The van der Waals surface area contributed by atoms with Crippen molar-refractivity contribution in [2.75, 3.05) is 13.2 Å². The van der Waals surface area contributed by atoms with Gasteiger partial charge in [-0.1, -0.05) is 69.7 Å². The lowest BCUT2D eigenvalue weighted by molar-refractivity contribution is 0.0319. The van der Waals surface area contributed by atoms with Crippen molar-refractivity contribution in [2.45, 2.75) is 84.2 Å². The molecule has 0 spiro atoms. The Morgan fingerprint density at radius 2 is 1.04 bits per heavy atom. The van der Waals surface area contributed by atoms with Gasteiger partial charge in [0.2, 0.25) is 0 Å². The van der Waals surface area contributed by atoms with E-state index in [1.54, 1.807) is 60.7 Å². The van der Waals surface area contributed by atoms with Crippen LogP contribution in [0.4, 0.5) is 0 Å². The van der Waals surface area contributed by atoms with Gasteiger partial charge in [-0.05, 0) is 117 Å². The summed E-state index contributed by atoms with van der Waals surface area (Å²) in [5.74, 6) is 1.22. The monoisotopic (exact) mass is 664 g/mol. The second-order valence-corrected chi connectivity index (χ2v) is 12.2. The Balaban J connectivity index is 1.10. The molecule has 0 aliphatic rings. The van der Waals surface area contributed by atoms with Crippen LogP contribution in [0.1, 0.15) is 109 Å². The molecular formula is C42H48O7. The van der Waals surface area contributed by atoms with E-state index in [4.69, 9.17) is 18.9 Å². The molecule has 4 rings (SSSR count). The molecule has 1 unspecified atom stereocenters. The largest absolute Gasteiger partial charge is 0.494 e. The molecule has 49 heavy (non-hydrogen) atoms. The van der Waals surface area contributed by atoms with Gasteiger partial charge >= 0.3 is 11.9 Å². The summed E-state index contributed by atoms with van der Waals surface area (Å²) in [7, 11) is 0. The number of esters is 2. The molecule has 0 saturated carbocycles. The van der Waals surface area contributed by atoms with Gasteiger partial charge in [0.05, 0.1) is 30.4 Å². The van der Waals surface area contributed by atoms with Gasteiger partial charge in [0.15, 0.2) is 0 Å². The molecule has 0 aromatic heterocycles. The number of rotatable bonds is 21. The molecule has 0 radical (unpaired) electrons. The van der Waals surface area contributed by atoms with Crippen LogP contribution in [-0.4, -0.2) is 37.5 Å². The van der Waals surface area contributed by atoms with Gasteiger partial charge in [-0.2, -0.15) is 0 Å². The van der Waals surface area contributed by atoms with Crippen molar-refractivity contribution in [3.05, 3.63) is 114 Å². The van der Waals surface area contributed by atoms with E-state index in [1.807, 2.05) is 43.3 Å². The molecule has 0 heterocycles. The number of ether oxygens (including phenoxy) is 4. The van der Waals surface area contributed by atoms with Crippen LogP contribution in [-0.2, 0) is 4.74 Å². The van der Waals surface area contributed by atoms with E-state index in [1.165, 1.54) is 0 Å². The normalized spacial score (nSPS) is 11.4. The van der Waals surface area contributed by atoms with Crippen LogP contribution in [0.2, 0.25) is 0 Å². The molecular weight excluding hydrogens is 616 g/mol. The smallest absolute Gasteiger partial charge is 0.343 e. The van der Waals surface area contributed by atoms with E-state index in [2.05, 4.69) is 6.92 Å². The van der Waals surface area contributed by atoms with Crippen LogP contribution >= 0.6 is 0 Å². The molecule has 0 aliphatic heterocycles. The molecule has 0 N–H and O–H groups in total. The van der Waals surface area contributed by atoms with E-state index in [9.17, 15) is 14.4 Å². The first-order valence-corrected chi connectivity index (χ1v) is 17.5. The molecule has 258 valence electrons. The minimum absolute atomic E-state index is 0.0997. The van der Waals surface area contributed by atoms with Crippen molar-refractivity contribution in [2.24, 2.45) is 0 Å². The highest BCUT2D eigenvalue weighted by molar-refractivity contribution is 5.91. The highest BCUT2D eigenvalue weighted by Gasteiger charge is 2.13. The zero-order valence-electron chi connectivity index (χ0n) is 28.7. The molecule has 4 aromatic rings. The molecule has 0 fully saturated rings. The summed E-state index contributed by atoms with van der Waals surface area (Å²) in [5.41, 5.74) is 3.51. The number of carbonyl (C=O) groups excluding carboxylic acids is 3. The van der Waals surface area contributed by atoms with Crippen LogP contribution in [0, 0.1) is 0 Å². The maximum absolute atomic E-state index is 12.7. The van der Waals surface area contributed by atoms with Gasteiger partial charge in [0.1, 0.15) is 23.5 Å². The molecule has 0 bridgehead atoms. The first-order valence-electron chi connectivity index (χ1n) is 17.5. The average molecular weight is 665 g/mol. The van der Waals surface area contributed by atoms with Gasteiger partial charge in [0.25, 0.3) is 0 Å². The number of aldehydes is 1. The molecule has 1 atom stereocenters. The minimum atomic E-state index is -0.438. The first kappa shape index (κ1) is 36.9. The highest BCUT2D eigenvalue weighted by Crippen LogP contribution is 2.24. The second-order valence-electron chi connectivity index (χ2n) is 12.2. The number of benzene rings is 4. The topological polar surface area (TPSA) is 88.1 Å². The summed E-state index contributed by atoms with van der Waals surface area (Å²) in [4.78, 5) is 35.9. The summed E-state index contributed by atoms with van der Waals surface area (Å²) in [6, 6.07) is 28.8. The Morgan fingerprint density at radius 1 is 0.571 bits per heavy atom. The fraction of sp³-hybridized carbons (Fsp3) is 0.357. The molecule has 0 aliphatic carbocycles. The highest BCUT2D eigenvalue weighted by atomic mass is 16.5. The van der Waals surface area contributed by atoms with Gasteiger partial charge in [-0.3, -0.25) is 4.79 Å². The number of hydrogen-bond acceptors (Lipinski definition) is 7. The van der Waals surface area contributed by atoms with Gasteiger partial charge in [-0.25, -0.2) is 9.59 Å². The number of hydrogen-bond donors (Lipinski definition) is 0. The lowest BCUT2D eigenvalue weighted by Crippen LogP contribution is -2.14. The average Bonchev–Trinajstić information content (AvgIpc) is 3.13. The van der Waals surface area contributed by atoms with E-state index in [0.717, 1.165) is 93.1 Å². The van der Waals surface area contributed by atoms with E-state index < -0.39 is 5.97 Å². The Hall–Kier alpha value is -4.91. The standard InChI is InChI=1S/C42H48O7/c1-3-4-9-12-32(2)48-41(44)36-17-15-34(16-18-36)35-19-27-40(28-20-35)49-42(45)37-21-25-39(26-22-37)47-30-11-8-6-5-7-10-29-46-38-23-13-33(31-43)14-24-38/h13-28,31-32H,3-12,29-30H2,1-2H3. The van der Waals surface area contributed by atoms with Crippen LogP contribution in [0.15, 0.2) is 97.1 Å². The third-order valence-electron chi connectivity index (χ3n) is 8.22. The quantitative estimate of drug-likeness (QED) is 0.0379. The lowest BCUT2D eigenvalue weighted by Gasteiger charge is -2.13. The summed E-state index contributed by atoms with van der Waals surface area (Å²) < 4.78 is 22.7. The fourth-order valence-electron chi connectivity index (χ4n) is 5.29. The Kier molecular flexibility index (Phi) is 15.4. The molecule has 0 amide bonds. The number of carbonyl (C=O) groups is 3. The first-order chi connectivity index (χ1) is 23.9.